The molecule has 3 atom stereocenters. The van der Waals surface area contributed by atoms with Gasteiger partial charge in [-0.3, -0.25) is 14.3 Å². The van der Waals surface area contributed by atoms with E-state index in [0.29, 0.717) is 18.8 Å². The van der Waals surface area contributed by atoms with Crippen LogP contribution in [0.1, 0.15) is 39.0 Å². The lowest BCUT2D eigenvalue weighted by Crippen LogP contribution is -2.45. The number of aryl methyl sites for hydroxylation is 1. The van der Waals surface area contributed by atoms with E-state index in [0.717, 1.165) is 0 Å². The molecule has 0 radical (unpaired) electrons. The molecule has 1 fully saturated rings. The number of nitrogens with one attached hydrogen (secondary N) is 1. The fourth-order valence-electron chi connectivity index (χ4n) is 2.95. The molecule has 0 bridgehead atoms. The zero-order chi connectivity index (χ0) is 22.0. The van der Waals surface area contributed by atoms with Crippen LogP contribution in [0.5, 0.6) is 0 Å². The summed E-state index contributed by atoms with van der Waals surface area (Å²) in [6, 6.07) is 0. The number of hydrogen-bond donors (Lipinski definition) is 3. The molecule has 0 saturated carbocycles. The molecule has 1 aromatic heterocycles. The van der Waals surface area contributed by atoms with E-state index in [1.165, 1.54) is 10.8 Å². The Hall–Kier alpha value is -1.30. The maximum Gasteiger partial charge on any atom is 0.330 e. The first kappa shape index (κ1) is 24.0. The summed E-state index contributed by atoms with van der Waals surface area (Å²) in [7, 11) is -1.87. The monoisotopic (exact) mass is 430 g/mol. The van der Waals surface area contributed by atoms with Gasteiger partial charge in [0.2, 0.25) is 0 Å². The normalized spacial score (nSPS) is 25.5. The van der Waals surface area contributed by atoms with Gasteiger partial charge >= 0.3 is 5.69 Å². The van der Waals surface area contributed by atoms with Crippen LogP contribution in [0, 0.1) is 6.92 Å². The van der Waals surface area contributed by atoms with Crippen molar-refractivity contribution in [2.45, 2.75) is 70.2 Å². The van der Waals surface area contributed by atoms with Crippen LogP contribution in [0.3, 0.4) is 0 Å². The summed E-state index contributed by atoms with van der Waals surface area (Å²) >= 11 is 0. The molecule has 10 heteroatoms. The van der Waals surface area contributed by atoms with Crippen LogP contribution >= 0.6 is 0 Å². The van der Waals surface area contributed by atoms with Crippen molar-refractivity contribution in [3.8, 4) is 0 Å². The number of nitrogens with zero attached hydrogens (tertiary/aromatic N) is 1. The molecule has 166 valence electrons. The fourth-order valence-corrected chi connectivity index (χ4v) is 3.97. The number of aromatic nitrogens is 2. The van der Waals surface area contributed by atoms with Crippen LogP contribution in [0.2, 0.25) is 18.1 Å². The van der Waals surface area contributed by atoms with E-state index in [2.05, 4.69) is 38.8 Å². The third kappa shape index (κ3) is 5.44. The topological polar surface area (TPSA) is 123 Å². The Kier molecular flexibility index (Phi) is 7.29. The highest BCUT2D eigenvalue weighted by atomic mass is 28.4. The van der Waals surface area contributed by atoms with Crippen LogP contribution in [-0.4, -0.2) is 66.2 Å². The highest BCUT2D eigenvalue weighted by Crippen LogP contribution is 2.37. The number of rotatable bonds is 8. The molecule has 3 N–H and O–H groups in total. The number of ether oxygens (including phenoxy) is 2. The van der Waals surface area contributed by atoms with Crippen LogP contribution in [-0.2, 0) is 13.9 Å². The molecule has 1 saturated heterocycles. The molecule has 9 nitrogen and oxygen atoms in total. The van der Waals surface area contributed by atoms with Gasteiger partial charge in [-0.25, -0.2) is 4.79 Å². The molecule has 29 heavy (non-hydrogen) atoms. The van der Waals surface area contributed by atoms with E-state index in [1.807, 2.05) is 0 Å². The lowest BCUT2D eigenvalue weighted by molar-refractivity contribution is -0.114. The van der Waals surface area contributed by atoms with Crippen molar-refractivity contribution in [2.75, 3.05) is 26.4 Å². The minimum atomic E-state index is -1.87. The second kappa shape index (κ2) is 8.82. The van der Waals surface area contributed by atoms with Gasteiger partial charge in [0.05, 0.1) is 26.4 Å². The van der Waals surface area contributed by atoms with Gasteiger partial charge in [-0.1, -0.05) is 20.8 Å². The maximum atomic E-state index is 12.1. The van der Waals surface area contributed by atoms with Gasteiger partial charge in [-0.05, 0) is 25.1 Å². The smallest absolute Gasteiger partial charge is 0.330 e. The summed E-state index contributed by atoms with van der Waals surface area (Å²) in [5.74, 6) is 0. The number of aliphatic hydroxyl groups is 2. The van der Waals surface area contributed by atoms with Crippen LogP contribution in [0.25, 0.3) is 0 Å². The van der Waals surface area contributed by atoms with Crippen LogP contribution < -0.4 is 11.2 Å². The van der Waals surface area contributed by atoms with Gasteiger partial charge in [0.25, 0.3) is 5.56 Å². The number of aliphatic hydroxyl groups excluding tert-OH is 1. The Morgan fingerprint density at radius 2 is 2.00 bits per heavy atom. The summed E-state index contributed by atoms with van der Waals surface area (Å²) < 4.78 is 18.6. The van der Waals surface area contributed by atoms with Crippen molar-refractivity contribution >= 4 is 8.32 Å². The quantitative estimate of drug-likeness (QED) is 0.413. The van der Waals surface area contributed by atoms with Gasteiger partial charge in [0.1, 0.15) is 17.9 Å². The first-order valence-corrected chi connectivity index (χ1v) is 12.7. The van der Waals surface area contributed by atoms with Gasteiger partial charge < -0.3 is 24.1 Å². The molecule has 0 amide bonds. The zero-order valence-electron chi connectivity index (χ0n) is 18.2. The number of H-pyrrole nitrogens is 1. The summed E-state index contributed by atoms with van der Waals surface area (Å²) in [5.41, 5.74) is -2.21. The minimum absolute atomic E-state index is 0.0483. The third-order valence-electron chi connectivity index (χ3n) is 5.92. The summed E-state index contributed by atoms with van der Waals surface area (Å²) in [6.07, 6.45) is -0.285. The largest absolute Gasteiger partial charge is 0.414 e. The van der Waals surface area contributed by atoms with Gasteiger partial charge in [-0.2, -0.15) is 0 Å². The Balaban J connectivity index is 1.97. The third-order valence-corrected chi connectivity index (χ3v) is 10.5. The maximum absolute atomic E-state index is 12.1. The Labute approximate surface area is 171 Å². The highest BCUT2D eigenvalue weighted by molar-refractivity contribution is 6.74. The minimum Gasteiger partial charge on any atom is -0.414 e. The molecule has 1 aliphatic heterocycles. The number of aromatic amines is 1. The summed E-state index contributed by atoms with van der Waals surface area (Å²) in [4.78, 5) is 25.9. The first-order valence-electron chi connectivity index (χ1n) is 9.83. The molecule has 2 rings (SSSR count). The van der Waals surface area contributed by atoms with Crippen molar-refractivity contribution in [3.05, 3.63) is 32.6 Å². The second-order valence-corrected chi connectivity index (χ2v) is 14.0. The van der Waals surface area contributed by atoms with Crippen molar-refractivity contribution in [1.29, 1.82) is 0 Å². The van der Waals surface area contributed by atoms with E-state index in [4.69, 9.17) is 13.9 Å². The van der Waals surface area contributed by atoms with Crippen LogP contribution in [0.4, 0.5) is 0 Å². The van der Waals surface area contributed by atoms with E-state index in [1.54, 1.807) is 6.92 Å². The predicted molar refractivity (Wildman–Crippen MR) is 111 cm³/mol. The SMILES string of the molecule is Cc1cn([C@@H]2C[C@@](O)(COCCO[Si](C)(C)C(C)(C)C)[C@@H](CO)O2)c(=O)[nH]c1=O. The average Bonchev–Trinajstić information content (AvgIpc) is 2.93. The molecule has 0 unspecified atom stereocenters. The van der Waals surface area contributed by atoms with Crippen molar-refractivity contribution in [2.24, 2.45) is 0 Å². The fraction of sp³-hybridized carbons (Fsp3) is 0.789. The lowest BCUT2D eigenvalue weighted by atomic mass is 9.96. The van der Waals surface area contributed by atoms with E-state index >= 15 is 0 Å². The first-order chi connectivity index (χ1) is 13.3. The van der Waals surface area contributed by atoms with Crippen molar-refractivity contribution in [3.63, 3.8) is 0 Å². The molecular formula is C19H34N2O7Si. The second-order valence-electron chi connectivity index (χ2n) is 9.21. The molecule has 0 spiro atoms. The van der Waals surface area contributed by atoms with E-state index < -0.39 is 44.1 Å². The van der Waals surface area contributed by atoms with Gasteiger partial charge in [0, 0.05) is 18.2 Å². The van der Waals surface area contributed by atoms with Crippen LogP contribution in [0.15, 0.2) is 15.8 Å². The Bertz CT molecular complexity index is 814. The standard InChI is InChI=1S/C19H34N2O7Si/c1-13-10-21(17(24)20-16(13)23)15-9-19(25,14(11-22)28-15)12-26-7-8-27-29(5,6)18(2,3)4/h10,14-15,22,25H,7-9,11-12H2,1-6H3,(H,20,23,24)/t14-,15+,19-/m1/s1. The van der Waals surface area contributed by atoms with E-state index in [-0.39, 0.29) is 18.1 Å². The van der Waals surface area contributed by atoms with Crippen molar-refractivity contribution in [1.82, 2.24) is 9.55 Å². The molecular weight excluding hydrogens is 396 g/mol. The highest BCUT2D eigenvalue weighted by Gasteiger charge is 2.48. The molecule has 1 aromatic rings. The lowest BCUT2D eigenvalue weighted by Gasteiger charge is -2.36. The Morgan fingerprint density at radius 3 is 2.59 bits per heavy atom. The van der Waals surface area contributed by atoms with Crippen molar-refractivity contribution < 1.29 is 24.1 Å². The molecule has 2 heterocycles. The Morgan fingerprint density at radius 1 is 1.34 bits per heavy atom. The molecule has 0 aliphatic carbocycles. The summed E-state index contributed by atoms with van der Waals surface area (Å²) in [5, 5.41) is 20.7. The molecule has 1 aliphatic rings. The van der Waals surface area contributed by atoms with Gasteiger partial charge in [-0.15, -0.1) is 0 Å². The zero-order valence-corrected chi connectivity index (χ0v) is 19.2. The average molecular weight is 431 g/mol. The molecule has 0 aromatic carbocycles. The van der Waals surface area contributed by atoms with Gasteiger partial charge in [0.15, 0.2) is 8.32 Å². The van der Waals surface area contributed by atoms with E-state index in [9.17, 15) is 19.8 Å². The number of hydrogen-bond acceptors (Lipinski definition) is 7. The predicted octanol–water partition coefficient (Wildman–Crippen LogP) is 0.894. The summed E-state index contributed by atoms with van der Waals surface area (Å²) in [6.45, 7) is 12.6.